The third-order valence-corrected chi connectivity index (χ3v) is 7.00. The summed E-state index contributed by atoms with van der Waals surface area (Å²) in [7, 11) is 0. The number of aromatic nitrogens is 1. The lowest BCUT2D eigenvalue weighted by molar-refractivity contribution is -0.136. The Morgan fingerprint density at radius 2 is 1.74 bits per heavy atom. The number of carboxylic acid groups (broad SMARTS) is 1. The predicted molar refractivity (Wildman–Crippen MR) is 130 cm³/mol. The van der Waals surface area contributed by atoms with Gasteiger partial charge in [0.25, 0.3) is 0 Å². The molecule has 1 aromatic heterocycles. The largest absolute Gasteiger partial charge is 0.493 e. The molecule has 2 aliphatic rings. The number of rotatable bonds is 8. The minimum absolute atomic E-state index is 0.0299. The quantitative estimate of drug-likeness (QED) is 0.500. The Kier molecular flexibility index (Phi) is 5.98. The summed E-state index contributed by atoms with van der Waals surface area (Å²) in [6, 6.07) is 14.4. The molecule has 1 aliphatic heterocycles. The van der Waals surface area contributed by atoms with Crippen LogP contribution in [0, 0.1) is 31.5 Å². The number of benzene rings is 2. The van der Waals surface area contributed by atoms with Crippen molar-refractivity contribution in [2.75, 3.05) is 24.6 Å². The maximum absolute atomic E-state index is 13.1. The minimum atomic E-state index is -0.838. The first-order valence-corrected chi connectivity index (χ1v) is 11.8. The summed E-state index contributed by atoms with van der Waals surface area (Å²) < 4.78 is 19.0. The summed E-state index contributed by atoms with van der Waals surface area (Å²) in [5.74, 6) is 1.15. The number of pyridine rings is 1. The summed E-state index contributed by atoms with van der Waals surface area (Å²) in [5.41, 5.74) is 6.60. The fourth-order valence-corrected chi connectivity index (χ4v) is 5.16. The first-order chi connectivity index (χ1) is 16.4. The van der Waals surface area contributed by atoms with Crippen LogP contribution >= 0.6 is 0 Å². The number of piperidine rings is 1. The number of hydrogen-bond acceptors (Lipinski definition) is 4. The number of nitrogens with zero attached hydrogens (tertiary/aromatic N) is 2. The maximum atomic E-state index is 13.1. The Morgan fingerprint density at radius 3 is 2.38 bits per heavy atom. The smallest absolute Gasteiger partial charge is 0.307 e. The van der Waals surface area contributed by atoms with Crippen molar-refractivity contribution in [1.82, 2.24) is 4.98 Å². The Morgan fingerprint density at radius 1 is 1.06 bits per heavy atom. The highest BCUT2D eigenvalue weighted by Gasteiger charge is 2.46. The highest BCUT2D eigenvalue weighted by molar-refractivity contribution is 5.86. The Hall–Kier alpha value is -3.41. The van der Waals surface area contributed by atoms with Crippen LogP contribution in [-0.2, 0) is 17.6 Å². The summed E-state index contributed by atoms with van der Waals surface area (Å²) in [5, 5.41) is 9.58. The number of ether oxygens (including phenoxy) is 1. The predicted octanol–water partition coefficient (Wildman–Crippen LogP) is 5.21. The maximum Gasteiger partial charge on any atom is 0.307 e. The minimum Gasteiger partial charge on any atom is -0.493 e. The van der Waals surface area contributed by atoms with E-state index in [1.165, 1.54) is 18.6 Å². The number of fused-ring (bicyclic) bond motifs is 1. The molecule has 0 radical (unpaired) electrons. The third kappa shape index (κ3) is 4.63. The van der Waals surface area contributed by atoms with E-state index in [2.05, 4.69) is 4.90 Å². The van der Waals surface area contributed by atoms with Gasteiger partial charge in [0.05, 0.1) is 18.7 Å². The van der Waals surface area contributed by atoms with Gasteiger partial charge in [0, 0.05) is 42.0 Å². The SMILES string of the molecule is Cc1nc(C)c(-c2ccc(OCCc3ccc(F)cc3)cc2)c(N2CC3CC3C2)c1CC(=O)O. The topological polar surface area (TPSA) is 62.7 Å². The average molecular weight is 461 g/mol. The first kappa shape index (κ1) is 22.4. The fraction of sp³-hybridized carbons (Fsp3) is 0.357. The Labute approximate surface area is 199 Å². The highest BCUT2D eigenvalue weighted by atomic mass is 19.1. The van der Waals surface area contributed by atoms with E-state index < -0.39 is 5.97 Å². The van der Waals surface area contributed by atoms with Gasteiger partial charge in [-0.15, -0.1) is 0 Å². The monoisotopic (exact) mass is 460 g/mol. The van der Waals surface area contributed by atoms with Crippen LogP contribution in [0.1, 0.15) is 28.9 Å². The van der Waals surface area contributed by atoms with E-state index in [9.17, 15) is 14.3 Å². The van der Waals surface area contributed by atoms with Crippen molar-refractivity contribution >= 4 is 11.7 Å². The molecule has 2 unspecified atom stereocenters. The molecule has 6 heteroatoms. The van der Waals surface area contributed by atoms with E-state index in [-0.39, 0.29) is 12.2 Å². The van der Waals surface area contributed by atoms with Crippen LogP contribution in [-0.4, -0.2) is 35.8 Å². The van der Waals surface area contributed by atoms with Crippen LogP contribution in [0.25, 0.3) is 11.1 Å². The lowest BCUT2D eigenvalue weighted by Crippen LogP contribution is -2.26. The standard InChI is InChI=1S/C28H29FN2O3/c1-17-25(14-26(32)33)28(31-15-21-13-22(21)16-31)27(18(2)30-17)20-5-9-24(10-6-20)34-12-11-19-3-7-23(29)8-4-19/h3-10,21-22H,11-16H2,1-2H3,(H,32,33). The second kappa shape index (κ2) is 9.09. The molecule has 1 aliphatic carbocycles. The summed E-state index contributed by atoms with van der Waals surface area (Å²) in [4.78, 5) is 18.8. The molecule has 2 fully saturated rings. The number of aliphatic carboxylic acids is 1. The van der Waals surface area contributed by atoms with Crippen LogP contribution < -0.4 is 9.64 Å². The summed E-state index contributed by atoms with van der Waals surface area (Å²) in [6.07, 6.45) is 1.95. The van der Waals surface area contributed by atoms with Crippen molar-refractivity contribution in [3.05, 3.63) is 76.9 Å². The van der Waals surface area contributed by atoms with Gasteiger partial charge in [0.15, 0.2) is 0 Å². The van der Waals surface area contributed by atoms with Crippen molar-refractivity contribution < 1.29 is 19.0 Å². The van der Waals surface area contributed by atoms with Gasteiger partial charge in [-0.25, -0.2) is 4.39 Å². The van der Waals surface area contributed by atoms with Crippen LogP contribution in [0.15, 0.2) is 48.5 Å². The highest BCUT2D eigenvalue weighted by Crippen LogP contribution is 2.49. The van der Waals surface area contributed by atoms with Gasteiger partial charge in [-0.3, -0.25) is 9.78 Å². The number of hydrogen-bond donors (Lipinski definition) is 1. The molecule has 34 heavy (non-hydrogen) atoms. The van der Waals surface area contributed by atoms with Crippen LogP contribution in [0.5, 0.6) is 5.75 Å². The molecule has 1 N–H and O–H groups in total. The van der Waals surface area contributed by atoms with Gasteiger partial charge in [0.1, 0.15) is 11.6 Å². The number of aryl methyl sites for hydroxylation is 2. The van der Waals surface area contributed by atoms with E-state index in [4.69, 9.17) is 9.72 Å². The van der Waals surface area contributed by atoms with Gasteiger partial charge >= 0.3 is 5.97 Å². The zero-order valence-electron chi connectivity index (χ0n) is 19.6. The van der Waals surface area contributed by atoms with Crippen LogP contribution in [0.3, 0.4) is 0 Å². The molecule has 2 heterocycles. The van der Waals surface area contributed by atoms with Crippen molar-refractivity contribution in [3.8, 4) is 16.9 Å². The van der Waals surface area contributed by atoms with Crippen molar-refractivity contribution in [3.63, 3.8) is 0 Å². The lowest BCUT2D eigenvalue weighted by Gasteiger charge is -2.28. The molecule has 1 saturated carbocycles. The molecule has 3 aromatic rings. The first-order valence-electron chi connectivity index (χ1n) is 11.8. The van der Waals surface area contributed by atoms with Crippen molar-refractivity contribution in [2.24, 2.45) is 11.8 Å². The Bertz CT molecular complexity index is 1200. The molecule has 176 valence electrons. The lowest BCUT2D eigenvalue weighted by atomic mass is 9.95. The average Bonchev–Trinajstić information content (AvgIpc) is 3.42. The van der Waals surface area contributed by atoms with Crippen molar-refractivity contribution in [1.29, 1.82) is 0 Å². The van der Waals surface area contributed by atoms with E-state index in [0.29, 0.717) is 13.0 Å². The molecule has 5 nitrogen and oxygen atoms in total. The molecule has 0 bridgehead atoms. The number of halogens is 1. The zero-order valence-corrected chi connectivity index (χ0v) is 19.6. The fourth-order valence-electron chi connectivity index (χ4n) is 5.16. The van der Waals surface area contributed by atoms with E-state index >= 15 is 0 Å². The van der Waals surface area contributed by atoms with Gasteiger partial charge in [-0.2, -0.15) is 0 Å². The van der Waals surface area contributed by atoms with Gasteiger partial charge in [-0.05, 0) is 67.5 Å². The molecule has 0 amide bonds. The molecule has 2 atom stereocenters. The molecule has 1 saturated heterocycles. The molecule has 2 aromatic carbocycles. The van der Waals surface area contributed by atoms with E-state index in [1.54, 1.807) is 12.1 Å². The third-order valence-electron chi connectivity index (χ3n) is 7.00. The van der Waals surface area contributed by atoms with Crippen LogP contribution in [0.2, 0.25) is 0 Å². The second-order valence-electron chi connectivity index (χ2n) is 9.47. The number of carboxylic acids is 1. The molecule has 0 spiro atoms. The molecular formula is C28H29FN2O3. The zero-order chi connectivity index (χ0) is 23.8. The number of carbonyl (C=O) groups is 1. The second-order valence-corrected chi connectivity index (χ2v) is 9.47. The van der Waals surface area contributed by atoms with E-state index in [0.717, 1.165) is 70.0 Å². The Balaban J connectivity index is 1.40. The molecule has 5 rings (SSSR count). The van der Waals surface area contributed by atoms with Gasteiger partial charge in [-0.1, -0.05) is 24.3 Å². The number of anilines is 1. The molecular weight excluding hydrogens is 431 g/mol. The van der Waals surface area contributed by atoms with Gasteiger partial charge < -0.3 is 14.7 Å². The van der Waals surface area contributed by atoms with Gasteiger partial charge in [0.2, 0.25) is 0 Å². The van der Waals surface area contributed by atoms with Crippen LogP contribution in [0.4, 0.5) is 10.1 Å². The van der Waals surface area contributed by atoms with E-state index in [1.807, 2.05) is 38.1 Å². The summed E-state index contributed by atoms with van der Waals surface area (Å²) >= 11 is 0. The summed E-state index contributed by atoms with van der Waals surface area (Å²) in [6.45, 7) is 6.38. The normalized spacial score (nSPS) is 18.6. The van der Waals surface area contributed by atoms with Crippen molar-refractivity contribution in [2.45, 2.75) is 33.1 Å².